The van der Waals surface area contributed by atoms with E-state index in [1.165, 1.54) is 6.07 Å². The first kappa shape index (κ1) is 25.0. The van der Waals surface area contributed by atoms with E-state index in [1.807, 2.05) is 13.8 Å². The lowest BCUT2D eigenvalue weighted by atomic mass is 10.1. The number of guanidine groups is 1. The van der Waals surface area contributed by atoms with Gasteiger partial charge in [0.1, 0.15) is 12.4 Å². The van der Waals surface area contributed by atoms with Crippen LogP contribution in [0, 0.1) is 0 Å². The molecule has 0 atom stereocenters. The molecular weight excluding hydrogens is 502 g/mol. The number of aryl methyl sites for hydroxylation is 2. The maximum absolute atomic E-state index is 12.5. The van der Waals surface area contributed by atoms with E-state index in [-0.39, 0.29) is 36.5 Å². The summed E-state index contributed by atoms with van der Waals surface area (Å²) in [5.41, 5.74) is 1.13. The first-order valence-electron chi connectivity index (χ1n) is 8.95. The molecule has 2 aromatic rings. The minimum Gasteiger partial charge on any atom is -0.476 e. The largest absolute Gasteiger partial charge is 0.476 e. The van der Waals surface area contributed by atoms with Gasteiger partial charge in [-0.2, -0.15) is 13.2 Å². The number of aromatic nitrogens is 2. The van der Waals surface area contributed by atoms with Crippen molar-refractivity contribution in [3.8, 4) is 5.88 Å². The molecule has 0 aliphatic heterocycles. The van der Waals surface area contributed by atoms with E-state index in [1.54, 1.807) is 7.05 Å². The van der Waals surface area contributed by atoms with Gasteiger partial charge in [-0.1, -0.05) is 19.0 Å². The molecule has 7 nitrogen and oxygen atoms in total. The molecule has 2 aromatic heterocycles. The first-order valence-corrected chi connectivity index (χ1v) is 8.95. The third-order valence-electron chi connectivity index (χ3n) is 3.97. The third kappa shape index (κ3) is 7.37. The van der Waals surface area contributed by atoms with Crippen molar-refractivity contribution in [3.63, 3.8) is 0 Å². The second kappa shape index (κ2) is 11.8. The van der Waals surface area contributed by atoms with Crippen LogP contribution >= 0.6 is 24.0 Å². The minimum absolute atomic E-state index is 0. The van der Waals surface area contributed by atoms with Gasteiger partial charge in [-0.05, 0) is 12.5 Å². The zero-order chi connectivity index (χ0) is 20.6. The molecule has 0 saturated heterocycles. The molecule has 0 unspecified atom stereocenters. The van der Waals surface area contributed by atoms with Crippen LogP contribution < -0.4 is 15.4 Å². The van der Waals surface area contributed by atoms with E-state index in [0.29, 0.717) is 19.0 Å². The number of nitrogens with zero attached hydrogens (tertiary/aromatic N) is 3. The van der Waals surface area contributed by atoms with E-state index in [2.05, 4.69) is 25.8 Å². The predicted octanol–water partition coefficient (Wildman–Crippen LogP) is 3.58. The Morgan fingerprint density at radius 3 is 2.52 bits per heavy atom. The van der Waals surface area contributed by atoms with Crippen LogP contribution in [0.5, 0.6) is 5.88 Å². The first-order chi connectivity index (χ1) is 13.4. The number of nitrogens with one attached hydrogen (secondary N) is 2. The van der Waals surface area contributed by atoms with Gasteiger partial charge in [0.2, 0.25) is 5.88 Å². The number of aliphatic imine (C=N–C) groups is 1. The zero-order valence-corrected chi connectivity index (χ0v) is 18.8. The average molecular weight is 527 g/mol. The molecule has 0 saturated carbocycles. The highest BCUT2D eigenvalue weighted by Crippen LogP contribution is 2.29. The number of pyridine rings is 1. The van der Waals surface area contributed by atoms with Gasteiger partial charge in [0.15, 0.2) is 5.96 Å². The second-order valence-corrected chi connectivity index (χ2v) is 5.82. The average Bonchev–Trinajstić information content (AvgIpc) is 3.09. The topological polar surface area (TPSA) is 84.6 Å². The lowest BCUT2D eigenvalue weighted by Crippen LogP contribution is -2.39. The third-order valence-corrected chi connectivity index (χ3v) is 3.97. The van der Waals surface area contributed by atoms with Crippen molar-refractivity contribution in [1.29, 1.82) is 0 Å². The Bertz CT molecular complexity index is 757. The van der Waals surface area contributed by atoms with E-state index in [0.717, 1.165) is 42.1 Å². The fourth-order valence-electron chi connectivity index (χ4n) is 2.49. The number of rotatable bonds is 8. The molecule has 2 heterocycles. The van der Waals surface area contributed by atoms with Crippen LogP contribution in [-0.2, 0) is 25.6 Å². The normalized spacial score (nSPS) is 11.7. The number of hydrogen-bond acceptors (Lipinski definition) is 5. The number of alkyl halides is 3. The molecule has 0 aliphatic carbocycles. The van der Waals surface area contributed by atoms with Gasteiger partial charge in [0.05, 0.1) is 17.8 Å². The molecule has 0 amide bonds. The summed E-state index contributed by atoms with van der Waals surface area (Å²) in [6.45, 7) is 5.15. The Kier molecular flexibility index (Phi) is 10.2. The van der Waals surface area contributed by atoms with Crippen LogP contribution in [0.2, 0.25) is 0 Å². The summed E-state index contributed by atoms with van der Waals surface area (Å²) in [6, 6.07) is 2.13. The summed E-state index contributed by atoms with van der Waals surface area (Å²) >= 11 is 0. The summed E-state index contributed by atoms with van der Waals surface area (Å²) < 4.78 is 48.2. The Hall–Kier alpha value is -2.05. The molecule has 162 valence electrons. The van der Waals surface area contributed by atoms with Gasteiger partial charge >= 0.3 is 6.18 Å². The fourth-order valence-corrected chi connectivity index (χ4v) is 2.49. The predicted molar refractivity (Wildman–Crippen MR) is 114 cm³/mol. The van der Waals surface area contributed by atoms with Crippen LogP contribution in [0.15, 0.2) is 27.8 Å². The monoisotopic (exact) mass is 527 g/mol. The molecular formula is C18H25F3IN5O2. The zero-order valence-electron chi connectivity index (χ0n) is 16.5. The smallest absolute Gasteiger partial charge is 0.417 e. The Morgan fingerprint density at radius 2 is 1.97 bits per heavy atom. The molecule has 2 N–H and O–H groups in total. The Morgan fingerprint density at radius 1 is 1.21 bits per heavy atom. The summed E-state index contributed by atoms with van der Waals surface area (Å²) in [6.07, 6.45) is -2.13. The van der Waals surface area contributed by atoms with Crippen molar-refractivity contribution in [1.82, 2.24) is 20.8 Å². The second-order valence-electron chi connectivity index (χ2n) is 5.82. The van der Waals surface area contributed by atoms with Crippen LogP contribution in [0.4, 0.5) is 13.2 Å². The van der Waals surface area contributed by atoms with Crippen molar-refractivity contribution in [2.45, 2.75) is 39.4 Å². The van der Waals surface area contributed by atoms with Crippen molar-refractivity contribution >= 4 is 29.9 Å². The number of halogens is 4. The number of ether oxygens (including phenoxy) is 1. The van der Waals surface area contributed by atoms with Crippen LogP contribution in [0.25, 0.3) is 0 Å². The molecule has 0 fully saturated rings. The van der Waals surface area contributed by atoms with Gasteiger partial charge in [0.25, 0.3) is 0 Å². The molecule has 0 aromatic carbocycles. The van der Waals surface area contributed by atoms with Gasteiger partial charge in [-0.15, -0.1) is 24.0 Å². The molecule has 0 bridgehead atoms. The Balaban J connectivity index is 0.00000420. The maximum atomic E-state index is 12.5. The maximum Gasteiger partial charge on any atom is 0.417 e. The fraction of sp³-hybridized carbons (Fsp3) is 0.500. The van der Waals surface area contributed by atoms with Gasteiger partial charge < -0.3 is 19.9 Å². The quantitative estimate of drug-likeness (QED) is 0.237. The lowest BCUT2D eigenvalue weighted by Gasteiger charge is -2.13. The molecule has 0 aliphatic rings. The minimum atomic E-state index is -4.41. The van der Waals surface area contributed by atoms with E-state index >= 15 is 0 Å². The van der Waals surface area contributed by atoms with Crippen molar-refractivity contribution < 1.29 is 22.4 Å². The highest BCUT2D eigenvalue weighted by atomic mass is 127. The highest BCUT2D eigenvalue weighted by Gasteiger charge is 2.30. The van der Waals surface area contributed by atoms with Crippen molar-refractivity contribution in [2.24, 2.45) is 4.99 Å². The summed E-state index contributed by atoms with van der Waals surface area (Å²) in [5, 5.41) is 10.3. The summed E-state index contributed by atoms with van der Waals surface area (Å²) in [4.78, 5) is 7.79. The van der Waals surface area contributed by atoms with Gasteiger partial charge in [-0.3, -0.25) is 4.99 Å². The number of hydrogen-bond donors (Lipinski definition) is 2. The molecule has 11 heteroatoms. The standard InChI is InChI=1S/C18H24F3N5O2.HI/c1-4-14-13(15(5-2)28-26-14)11-25-17(22-3)23-8-9-27-16-7-6-12(10-24-16)18(19,20)21;/h6-7,10H,4-5,8-9,11H2,1-3H3,(H2,22,23,25);1H. The summed E-state index contributed by atoms with van der Waals surface area (Å²) in [5.74, 6) is 1.54. The lowest BCUT2D eigenvalue weighted by molar-refractivity contribution is -0.137. The van der Waals surface area contributed by atoms with E-state index < -0.39 is 11.7 Å². The van der Waals surface area contributed by atoms with Crippen LogP contribution in [0.1, 0.15) is 36.4 Å². The SMILES string of the molecule is CCc1noc(CC)c1CNC(=NC)NCCOc1ccc(C(F)(F)F)cn1.I. The van der Waals surface area contributed by atoms with E-state index in [4.69, 9.17) is 9.26 Å². The van der Waals surface area contributed by atoms with Crippen molar-refractivity contribution in [3.05, 3.63) is 40.9 Å². The molecule has 0 radical (unpaired) electrons. The molecule has 29 heavy (non-hydrogen) atoms. The van der Waals surface area contributed by atoms with E-state index in [9.17, 15) is 13.2 Å². The molecule has 0 spiro atoms. The van der Waals surface area contributed by atoms with Crippen LogP contribution in [0.3, 0.4) is 0 Å². The van der Waals surface area contributed by atoms with Crippen LogP contribution in [-0.4, -0.2) is 36.3 Å². The van der Waals surface area contributed by atoms with Gasteiger partial charge in [-0.25, -0.2) is 4.98 Å². The van der Waals surface area contributed by atoms with Gasteiger partial charge in [0, 0.05) is 37.8 Å². The highest BCUT2D eigenvalue weighted by molar-refractivity contribution is 14.0. The van der Waals surface area contributed by atoms with Crippen molar-refractivity contribution in [2.75, 3.05) is 20.2 Å². The molecule has 2 rings (SSSR count). The Labute approximate surface area is 184 Å². The summed E-state index contributed by atoms with van der Waals surface area (Å²) in [7, 11) is 1.64.